The second-order valence-electron chi connectivity index (χ2n) is 5.63. The Bertz CT molecular complexity index is 924. The Morgan fingerprint density at radius 1 is 1.24 bits per heavy atom. The summed E-state index contributed by atoms with van der Waals surface area (Å²) in [5, 5.41) is 13.4. The summed E-state index contributed by atoms with van der Waals surface area (Å²) in [5.41, 5.74) is 8.58. The number of benzene rings is 1. The Morgan fingerprint density at radius 3 is 2.60 bits per heavy atom. The first-order chi connectivity index (χ1) is 12.1. The van der Waals surface area contributed by atoms with E-state index in [1.807, 2.05) is 13.0 Å². The molecule has 0 fully saturated rings. The predicted octanol–water partition coefficient (Wildman–Crippen LogP) is 2.35. The van der Waals surface area contributed by atoms with Gasteiger partial charge in [0.1, 0.15) is 5.75 Å². The third-order valence-electron chi connectivity index (χ3n) is 3.66. The van der Waals surface area contributed by atoms with Crippen LogP contribution in [0.5, 0.6) is 11.6 Å². The average molecular weight is 334 g/mol. The van der Waals surface area contributed by atoms with Crippen molar-refractivity contribution < 1.29 is 4.74 Å². The number of aryl methyl sites for hydroxylation is 2. The van der Waals surface area contributed by atoms with Gasteiger partial charge < -0.3 is 10.5 Å². The SMILES string of the molecule is Cc1cc(Oc2cc(C#N)ccc2-c2ncc(CCN)cn2)n(C)n1. The number of nitrogens with two attached hydrogens (primary N) is 1. The molecule has 0 aliphatic heterocycles. The van der Waals surface area contributed by atoms with Crippen LogP contribution in [0.4, 0.5) is 0 Å². The van der Waals surface area contributed by atoms with Crippen LogP contribution in [0.3, 0.4) is 0 Å². The highest BCUT2D eigenvalue weighted by molar-refractivity contribution is 5.66. The van der Waals surface area contributed by atoms with E-state index in [1.54, 1.807) is 42.3 Å². The number of hydrogen-bond acceptors (Lipinski definition) is 6. The van der Waals surface area contributed by atoms with E-state index in [-0.39, 0.29) is 0 Å². The number of ether oxygens (including phenoxy) is 1. The minimum atomic E-state index is 0.498. The van der Waals surface area contributed by atoms with Crippen molar-refractivity contribution in [3.05, 3.63) is 53.5 Å². The lowest BCUT2D eigenvalue weighted by molar-refractivity contribution is 0.431. The van der Waals surface area contributed by atoms with Crippen LogP contribution < -0.4 is 10.5 Å². The van der Waals surface area contributed by atoms with Gasteiger partial charge in [0, 0.05) is 25.5 Å². The maximum atomic E-state index is 9.18. The highest BCUT2D eigenvalue weighted by atomic mass is 16.5. The largest absolute Gasteiger partial charge is 0.438 e. The second kappa shape index (κ2) is 7.11. The van der Waals surface area contributed by atoms with Crippen molar-refractivity contribution in [1.29, 1.82) is 5.26 Å². The van der Waals surface area contributed by atoms with Gasteiger partial charge in [-0.05, 0) is 43.7 Å². The normalized spacial score (nSPS) is 10.5. The molecule has 0 aliphatic carbocycles. The predicted molar refractivity (Wildman–Crippen MR) is 93.0 cm³/mol. The van der Waals surface area contributed by atoms with E-state index in [0.29, 0.717) is 35.1 Å². The quantitative estimate of drug-likeness (QED) is 0.768. The summed E-state index contributed by atoms with van der Waals surface area (Å²) in [6, 6.07) is 9.13. The molecule has 0 bridgehead atoms. The lowest BCUT2D eigenvalue weighted by Gasteiger charge is -2.11. The van der Waals surface area contributed by atoms with Crippen molar-refractivity contribution in [2.45, 2.75) is 13.3 Å². The van der Waals surface area contributed by atoms with Crippen LogP contribution in [-0.4, -0.2) is 26.3 Å². The Balaban J connectivity index is 2.01. The molecule has 2 aromatic heterocycles. The zero-order chi connectivity index (χ0) is 17.8. The Morgan fingerprint density at radius 2 is 2.00 bits per heavy atom. The lowest BCUT2D eigenvalue weighted by atomic mass is 10.1. The topological polar surface area (TPSA) is 103 Å². The molecule has 7 heteroatoms. The number of nitriles is 1. The van der Waals surface area contributed by atoms with Gasteiger partial charge in [0.2, 0.25) is 5.88 Å². The van der Waals surface area contributed by atoms with Crippen LogP contribution in [0.1, 0.15) is 16.8 Å². The Kier molecular flexibility index (Phi) is 4.73. The van der Waals surface area contributed by atoms with Gasteiger partial charge in [0.05, 0.1) is 22.9 Å². The minimum absolute atomic E-state index is 0.498. The van der Waals surface area contributed by atoms with E-state index in [1.165, 1.54) is 0 Å². The van der Waals surface area contributed by atoms with Gasteiger partial charge in [0.15, 0.2) is 5.82 Å². The summed E-state index contributed by atoms with van der Waals surface area (Å²) in [7, 11) is 1.80. The van der Waals surface area contributed by atoms with Gasteiger partial charge in [-0.3, -0.25) is 0 Å². The summed E-state index contributed by atoms with van der Waals surface area (Å²) in [6.45, 7) is 2.44. The molecule has 7 nitrogen and oxygen atoms in total. The van der Waals surface area contributed by atoms with E-state index in [4.69, 9.17) is 10.5 Å². The maximum absolute atomic E-state index is 9.18. The Labute approximate surface area is 145 Å². The number of aromatic nitrogens is 4. The molecule has 0 unspecified atom stereocenters. The van der Waals surface area contributed by atoms with Gasteiger partial charge in [-0.25, -0.2) is 14.6 Å². The number of rotatable bonds is 5. The zero-order valence-corrected chi connectivity index (χ0v) is 14.1. The highest BCUT2D eigenvalue weighted by Crippen LogP contribution is 2.32. The number of hydrogen-bond donors (Lipinski definition) is 1. The molecule has 3 rings (SSSR count). The molecular formula is C18H18N6O. The molecule has 3 aromatic rings. The molecule has 1 aromatic carbocycles. The molecule has 0 radical (unpaired) electrons. The molecule has 2 N–H and O–H groups in total. The molecule has 0 spiro atoms. The van der Waals surface area contributed by atoms with Crippen molar-refractivity contribution in [2.24, 2.45) is 12.8 Å². The number of nitrogens with zero attached hydrogens (tertiary/aromatic N) is 5. The fourth-order valence-electron chi connectivity index (χ4n) is 2.45. The minimum Gasteiger partial charge on any atom is -0.438 e. The summed E-state index contributed by atoms with van der Waals surface area (Å²) in [4.78, 5) is 8.80. The highest BCUT2D eigenvalue weighted by Gasteiger charge is 2.14. The van der Waals surface area contributed by atoms with E-state index in [0.717, 1.165) is 17.7 Å². The molecule has 0 saturated carbocycles. The first-order valence-electron chi connectivity index (χ1n) is 7.84. The fourth-order valence-corrected chi connectivity index (χ4v) is 2.45. The average Bonchev–Trinajstić information content (AvgIpc) is 2.93. The van der Waals surface area contributed by atoms with Crippen molar-refractivity contribution in [2.75, 3.05) is 6.54 Å². The fraction of sp³-hybridized carbons (Fsp3) is 0.222. The first-order valence-corrected chi connectivity index (χ1v) is 7.84. The van der Waals surface area contributed by atoms with Gasteiger partial charge in [0.25, 0.3) is 0 Å². The summed E-state index contributed by atoms with van der Waals surface area (Å²) in [6.07, 6.45) is 4.24. The summed E-state index contributed by atoms with van der Waals surface area (Å²) in [5.74, 6) is 1.61. The van der Waals surface area contributed by atoms with E-state index < -0.39 is 0 Å². The van der Waals surface area contributed by atoms with Gasteiger partial charge >= 0.3 is 0 Å². The monoisotopic (exact) mass is 334 g/mol. The standard InChI is InChI=1S/C18H18N6O/c1-12-7-17(24(2)23-12)25-16-8-13(9-20)3-4-15(16)18-21-10-14(5-6-19)11-22-18/h3-4,7-8,10-11H,5-6,19H2,1-2H3. The van der Waals surface area contributed by atoms with E-state index in [2.05, 4.69) is 21.1 Å². The smallest absolute Gasteiger partial charge is 0.217 e. The first kappa shape index (κ1) is 16.6. The van der Waals surface area contributed by atoms with Crippen LogP contribution in [0.25, 0.3) is 11.4 Å². The zero-order valence-electron chi connectivity index (χ0n) is 14.1. The van der Waals surface area contributed by atoms with E-state index >= 15 is 0 Å². The Hall–Kier alpha value is -3.24. The second-order valence-corrected chi connectivity index (χ2v) is 5.63. The molecule has 25 heavy (non-hydrogen) atoms. The molecule has 0 saturated heterocycles. The van der Waals surface area contributed by atoms with Gasteiger partial charge in [-0.1, -0.05) is 0 Å². The van der Waals surface area contributed by atoms with Crippen molar-refractivity contribution in [3.8, 4) is 29.1 Å². The van der Waals surface area contributed by atoms with Gasteiger partial charge in [-0.15, -0.1) is 0 Å². The van der Waals surface area contributed by atoms with E-state index in [9.17, 15) is 5.26 Å². The van der Waals surface area contributed by atoms with Crippen LogP contribution in [0, 0.1) is 18.3 Å². The van der Waals surface area contributed by atoms with Gasteiger partial charge in [-0.2, -0.15) is 10.4 Å². The molecule has 0 aliphatic rings. The third-order valence-corrected chi connectivity index (χ3v) is 3.66. The molecule has 0 amide bonds. The molecule has 0 atom stereocenters. The van der Waals surface area contributed by atoms with Crippen molar-refractivity contribution in [3.63, 3.8) is 0 Å². The van der Waals surface area contributed by atoms with Crippen molar-refractivity contribution >= 4 is 0 Å². The maximum Gasteiger partial charge on any atom is 0.217 e. The summed E-state index contributed by atoms with van der Waals surface area (Å²) < 4.78 is 7.63. The van der Waals surface area contributed by atoms with Crippen LogP contribution in [0.15, 0.2) is 36.7 Å². The summed E-state index contributed by atoms with van der Waals surface area (Å²) >= 11 is 0. The van der Waals surface area contributed by atoms with Crippen LogP contribution >= 0.6 is 0 Å². The van der Waals surface area contributed by atoms with Crippen LogP contribution in [-0.2, 0) is 13.5 Å². The lowest BCUT2D eigenvalue weighted by Crippen LogP contribution is -2.04. The molecule has 2 heterocycles. The van der Waals surface area contributed by atoms with Crippen LogP contribution in [0.2, 0.25) is 0 Å². The van der Waals surface area contributed by atoms with Crippen molar-refractivity contribution in [1.82, 2.24) is 19.7 Å². The molecule has 126 valence electrons. The third kappa shape index (κ3) is 3.65. The molecular weight excluding hydrogens is 316 g/mol.